The van der Waals surface area contributed by atoms with Crippen molar-refractivity contribution >= 4 is 53.4 Å². The van der Waals surface area contributed by atoms with Crippen LogP contribution in [-0.2, 0) is 0 Å². The van der Waals surface area contributed by atoms with Crippen molar-refractivity contribution in [3.05, 3.63) is 146 Å². The van der Waals surface area contributed by atoms with E-state index in [0.717, 1.165) is 50.2 Å². The Bertz CT molecular complexity index is 2480. The van der Waals surface area contributed by atoms with Crippen molar-refractivity contribution < 1.29 is 0 Å². The van der Waals surface area contributed by atoms with Gasteiger partial charge in [0.05, 0.1) is 27.9 Å². The average molecular weight is 581 g/mol. The maximum absolute atomic E-state index is 5.26. The van der Waals surface area contributed by atoms with E-state index < -0.39 is 0 Å². The summed E-state index contributed by atoms with van der Waals surface area (Å²) >= 11 is 1.84. The number of hydrogen-bond donors (Lipinski definition) is 0. The minimum atomic E-state index is 0.709. The molecule has 0 unspecified atom stereocenters. The zero-order chi connectivity index (χ0) is 29.0. The minimum Gasteiger partial charge on any atom is -0.307 e. The highest BCUT2D eigenvalue weighted by Gasteiger charge is 2.20. The molecule has 0 bridgehead atoms. The Morgan fingerprint density at radius 2 is 1.20 bits per heavy atom. The standard InChI is InChI=1S/C39H24N4S/c1-3-9-25(10-4-1)31-20-21-33-37(41-31)30-19-22-35-36(29-13-7-8-14-34(29)44-35)38(30)43(33)28-17-15-27(16-18-28)39-40-24-23-32(42-39)26-11-5-2-6-12-26/h1-24H. The van der Waals surface area contributed by atoms with E-state index in [1.165, 1.54) is 25.7 Å². The van der Waals surface area contributed by atoms with Crippen LogP contribution in [0.2, 0.25) is 0 Å². The average Bonchev–Trinajstić information content (AvgIpc) is 3.64. The lowest BCUT2D eigenvalue weighted by molar-refractivity contribution is 1.16. The van der Waals surface area contributed by atoms with E-state index in [1.54, 1.807) is 0 Å². The van der Waals surface area contributed by atoms with Gasteiger partial charge in [-0.05, 0) is 60.7 Å². The second-order valence-electron chi connectivity index (χ2n) is 10.9. The van der Waals surface area contributed by atoms with Gasteiger partial charge in [-0.2, -0.15) is 0 Å². The Balaban J connectivity index is 1.27. The third kappa shape index (κ3) is 3.94. The number of benzene rings is 5. The molecule has 9 rings (SSSR count). The predicted molar refractivity (Wildman–Crippen MR) is 183 cm³/mol. The summed E-state index contributed by atoms with van der Waals surface area (Å²) < 4.78 is 4.93. The van der Waals surface area contributed by atoms with Crippen LogP contribution in [0.1, 0.15) is 0 Å². The van der Waals surface area contributed by atoms with Crippen molar-refractivity contribution in [1.29, 1.82) is 0 Å². The first-order valence-corrected chi connectivity index (χ1v) is 15.4. The molecule has 44 heavy (non-hydrogen) atoms. The first kappa shape index (κ1) is 24.9. The van der Waals surface area contributed by atoms with Gasteiger partial charge in [0.25, 0.3) is 0 Å². The molecule has 4 heterocycles. The Morgan fingerprint density at radius 3 is 1.98 bits per heavy atom. The van der Waals surface area contributed by atoms with Gasteiger partial charge in [-0.15, -0.1) is 11.3 Å². The lowest BCUT2D eigenvalue weighted by atomic mass is 10.1. The Labute approximate surface area is 257 Å². The zero-order valence-electron chi connectivity index (χ0n) is 23.6. The van der Waals surface area contributed by atoms with Crippen LogP contribution in [-0.4, -0.2) is 19.5 Å². The summed E-state index contributed by atoms with van der Waals surface area (Å²) in [6.45, 7) is 0. The van der Waals surface area contributed by atoms with Gasteiger partial charge in [-0.25, -0.2) is 15.0 Å². The number of aromatic nitrogens is 4. The number of thiophene rings is 1. The Hall–Kier alpha value is -5.65. The fourth-order valence-corrected chi connectivity index (χ4v) is 7.35. The van der Waals surface area contributed by atoms with Crippen molar-refractivity contribution in [2.24, 2.45) is 0 Å². The van der Waals surface area contributed by atoms with E-state index in [9.17, 15) is 0 Å². The van der Waals surface area contributed by atoms with Crippen LogP contribution in [0.4, 0.5) is 0 Å². The van der Waals surface area contributed by atoms with Gasteiger partial charge < -0.3 is 4.57 Å². The minimum absolute atomic E-state index is 0.709. The van der Waals surface area contributed by atoms with Crippen LogP contribution < -0.4 is 0 Å². The molecule has 4 aromatic heterocycles. The first-order valence-electron chi connectivity index (χ1n) is 14.6. The normalized spacial score (nSPS) is 11.6. The molecule has 0 saturated carbocycles. The highest BCUT2D eigenvalue weighted by atomic mass is 32.1. The predicted octanol–water partition coefficient (Wildman–Crippen LogP) is 10.3. The molecule has 0 fully saturated rings. The maximum Gasteiger partial charge on any atom is 0.159 e. The molecule has 206 valence electrons. The van der Waals surface area contributed by atoms with E-state index in [-0.39, 0.29) is 0 Å². The van der Waals surface area contributed by atoms with Crippen LogP contribution in [0, 0.1) is 0 Å². The quantitative estimate of drug-likeness (QED) is 0.208. The fraction of sp³-hybridized carbons (Fsp3) is 0. The Morgan fingerprint density at radius 1 is 0.500 bits per heavy atom. The number of hydrogen-bond acceptors (Lipinski definition) is 4. The molecule has 5 heteroatoms. The van der Waals surface area contributed by atoms with Crippen molar-refractivity contribution in [3.8, 4) is 39.6 Å². The topological polar surface area (TPSA) is 43.6 Å². The highest BCUT2D eigenvalue weighted by Crippen LogP contribution is 2.43. The summed E-state index contributed by atoms with van der Waals surface area (Å²) in [6, 6.07) is 48.7. The van der Waals surface area contributed by atoms with Crippen LogP contribution >= 0.6 is 11.3 Å². The van der Waals surface area contributed by atoms with E-state index in [4.69, 9.17) is 9.97 Å². The van der Waals surface area contributed by atoms with Crippen LogP contribution in [0.3, 0.4) is 0 Å². The summed E-state index contributed by atoms with van der Waals surface area (Å²) in [4.78, 5) is 14.8. The van der Waals surface area contributed by atoms with E-state index >= 15 is 0 Å². The summed E-state index contributed by atoms with van der Waals surface area (Å²) in [5.74, 6) is 0.709. The highest BCUT2D eigenvalue weighted by molar-refractivity contribution is 7.26. The summed E-state index contributed by atoms with van der Waals surface area (Å²) in [5, 5.41) is 3.69. The summed E-state index contributed by atoms with van der Waals surface area (Å²) in [7, 11) is 0. The van der Waals surface area contributed by atoms with Crippen LogP contribution in [0.15, 0.2) is 146 Å². The molecule has 0 aliphatic carbocycles. The largest absolute Gasteiger partial charge is 0.307 e. The molecule has 5 aromatic carbocycles. The fourth-order valence-electron chi connectivity index (χ4n) is 6.24. The van der Waals surface area contributed by atoms with Gasteiger partial charge in [0.2, 0.25) is 0 Å². The molecular weight excluding hydrogens is 557 g/mol. The van der Waals surface area contributed by atoms with E-state index in [2.05, 4.69) is 119 Å². The summed E-state index contributed by atoms with van der Waals surface area (Å²) in [5.41, 5.74) is 9.38. The summed E-state index contributed by atoms with van der Waals surface area (Å²) in [6.07, 6.45) is 1.83. The van der Waals surface area contributed by atoms with Crippen molar-refractivity contribution in [2.75, 3.05) is 0 Å². The number of fused-ring (bicyclic) bond motifs is 7. The molecule has 0 atom stereocenters. The molecule has 0 aliphatic rings. The molecule has 9 aromatic rings. The second-order valence-corrected chi connectivity index (χ2v) is 12.0. The van der Waals surface area contributed by atoms with Gasteiger partial charge in [0.1, 0.15) is 0 Å². The monoisotopic (exact) mass is 580 g/mol. The molecule has 0 N–H and O–H groups in total. The smallest absolute Gasteiger partial charge is 0.159 e. The maximum atomic E-state index is 5.26. The second kappa shape index (κ2) is 9.97. The third-order valence-corrected chi connectivity index (χ3v) is 9.42. The van der Waals surface area contributed by atoms with Crippen molar-refractivity contribution in [2.45, 2.75) is 0 Å². The van der Waals surface area contributed by atoms with Gasteiger partial charge in [-0.3, -0.25) is 0 Å². The van der Waals surface area contributed by atoms with Crippen molar-refractivity contribution in [1.82, 2.24) is 19.5 Å². The zero-order valence-corrected chi connectivity index (χ0v) is 24.4. The molecule has 4 nitrogen and oxygen atoms in total. The molecule has 0 spiro atoms. The van der Waals surface area contributed by atoms with Gasteiger partial charge >= 0.3 is 0 Å². The molecule has 0 saturated heterocycles. The Kier molecular flexibility index (Phi) is 5.64. The van der Waals surface area contributed by atoms with Gasteiger partial charge in [-0.1, -0.05) is 78.9 Å². The molecule has 0 radical (unpaired) electrons. The number of rotatable bonds is 4. The number of nitrogens with zero attached hydrogens (tertiary/aromatic N) is 4. The van der Waals surface area contributed by atoms with Crippen molar-refractivity contribution in [3.63, 3.8) is 0 Å². The molecule has 0 aliphatic heterocycles. The third-order valence-electron chi connectivity index (χ3n) is 8.29. The van der Waals surface area contributed by atoms with Crippen LogP contribution in [0.5, 0.6) is 0 Å². The van der Waals surface area contributed by atoms with Gasteiger partial charge in [0, 0.05) is 54.1 Å². The first-order chi connectivity index (χ1) is 21.8. The van der Waals surface area contributed by atoms with E-state index in [1.807, 2.05) is 47.9 Å². The molecular formula is C39H24N4S. The van der Waals surface area contributed by atoms with E-state index in [0.29, 0.717) is 5.82 Å². The van der Waals surface area contributed by atoms with Crippen LogP contribution in [0.25, 0.3) is 81.7 Å². The number of pyridine rings is 1. The van der Waals surface area contributed by atoms with Gasteiger partial charge in [0.15, 0.2) is 5.82 Å². The molecule has 0 amide bonds. The lowest BCUT2D eigenvalue weighted by Crippen LogP contribution is -1.96. The lowest BCUT2D eigenvalue weighted by Gasteiger charge is -2.10. The SMILES string of the molecule is c1ccc(-c2ccnc(-c3ccc(-n4c5ccc(-c6ccccc6)nc5c5ccc6sc7ccccc7c6c54)cc3)n2)cc1.